The molecule has 0 unspecified atom stereocenters. The van der Waals surface area contributed by atoms with E-state index in [2.05, 4.69) is 20.3 Å². The van der Waals surface area contributed by atoms with Crippen molar-refractivity contribution in [3.05, 3.63) is 0 Å². The molecule has 0 radical (unpaired) electrons. The Balaban J connectivity index is 2.28. The van der Waals surface area contributed by atoms with Crippen LogP contribution in [0.5, 0.6) is 0 Å². The van der Waals surface area contributed by atoms with Crippen LogP contribution in [-0.4, -0.2) is 54.6 Å². The van der Waals surface area contributed by atoms with Crippen LogP contribution in [0.25, 0.3) is 0 Å². The summed E-state index contributed by atoms with van der Waals surface area (Å²) >= 11 is 0. The number of rotatable bonds is 2. The van der Waals surface area contributed by atoms with E-state index in [1.54, 1.807) is 4.90 Å². The summed E-state index contributed by atoms with van der Waals surface area (Å²) in [5.74, 6) is 1.07. The molecule has 1 aromatic heterocycles. The normalized spacial score (nSPS) is 16.1. The lowest BCUT2D eigenvalue weighted by atomic mass is 10.4. The Kier molecular flexibility index (Phi) is 3.45. The van der Waals surface area contributed by atoms with E-state index < -0.39 is 0 Å². The van der Waals surface area contributed by atoms with E-state index in [0.717, 1.165) is 13.0 Å². The van der Waals surface area contributed by atoms with Gasteiger partial charge in [0.05, 0.1) is 6.54 Å². The van der Waals surface area contributed by atoms with Crippen LogP contribution < -0.4 is 20.9 Å². The van der Waals surface area contributed by atoms with E-state index in [0.29, 0.717) is 18.4 Å². The van der Waals surface area contributed by atoms with Gasteiger partial charge in [-0.05, 0) is 6.42 Å². The third kappa shape index (κ3) is 2.76. The van der Waals surface area contributed by atoms with E-state index >= 15 is 0 Å². The molecule has 0 bridgehead atoms. The maximum absolute atomic E-state index is 11.5. The quantitative estimate of drug-likeness (QED) is 0.684. The van der Waals surface area contributed by atoms with E-state index in [4.69, 9.17) is 5.73 Å². The number of anilines is 3. The first-order valence-electron chi connectivity index (χ1n) is 5.77. The monoisotopic (exact) mass is 251 g/mol. The zero-order valence-corrected chi connectivity index (χ0v) is 10.6. The van der Waals surface area contributed by atoms with Gasteiger partial charge in [-0.1, -0.05) is 0 Å². The molecule has 1 aliphatic rings. The van der Waals surface area contributed by atoms with E-state index in [-0.39, 0.29) is 18.4 Å². The topological polar surface area (TPSA) is 100 Å². The summed E-state index contributed by atoms with van der Waals surface area (Å²) in [5, 5.41) is 2.80. The van der Waals surface area contributed by atoms with Gasteiger partial charge >= 0.3 is 0 Å². The molecule has 2 rings (SSSR count). The molecule has 1 aliphatic heterocycles. The van der Waals surface area contributed by atoms with E-state index in [1.165, 1.54) is 0 Å². The minimum atomic E-state index is -0.0297. The maximum Gasteiger partial charge on any atom is 0.239 e. The summed E-state index contributed by atoms with van der Waals surface area (Å²) in [6.45, 7) is 1.64. The molecular weight excluding hydrogens is 234 g/mol. The fourth-order valence-corrected chi connectivity index (χ4v) is 1.69. The summed E-state index contributed by atoms with van der Waals surface area (Å²) in [4.78, 5) is 27.5. The third-order valence-corrected chi connectivity index (χ3v) is 2.57. The van der Waals surface area contributed by atoms with Crippen molar-refractivity contribution >= 4 is 23.8 Å². The molecule has 1 amide bonds. The van der Waals surface area contributed by atoms with Crippen molar-refractivity contribution in [2.75, 3.05) is 49.3 Å². The van der Waals surface area contributed by atoms with Crippen LogP contribution in [0.15, 0.2) is 0 Å². The van der Waals surface area contributed by atoms with Crippen LogP contribution in [0.4, 0.5) is 17.8 Å². The van der Waals surface area contributed by atoms with Crippen LogP contribution >= 0.6 is 0 Å². The molecule has 0 aliphatic carbocycles. The highest BCUT2D eigenvalue weighted by Crippen LogP contribution is 2.14. The van der Waals surface area contributed by atoms with Crippen molar-refractivity contribution in [3.8, 4) is 0 Å². The van der Waals surface area contributed by atoms with Gasteiger partial charge in [0.15, 0.2) is 0 Å². The van der Waals surface area contributed by atoms with Gasteiger partial charge in [0.25, 0.3) is 0 Å². The number of nitrogen functional groups attached to an aromatic ring is 1. The zero-order valence-electron chi connectivity index (χ0n) is 10.6. The van der Waals surface area contributed by atoms with Crippen LogP contribution in [-0.2, 0) is 4.79 Å². The molecule has 2 heterocycles. The second kappa shape index (κ2) is 5.03. The van der Waals surface area contributed by atoms with Gasteiger partial charge < -0.3 is 20.9 Å². The van der Waals surface area contributed by atoms with Crippen LogP contribution in [0, 0.1) is 0 Å². The largest absolute Gasteiger partial charge is 0.368 e. The number of carbonyl (C=O) groups excluding carboxylic acids is 1. The highest BCUT2D eigenvalue weighted by Gasteiger charge is 2.18. The Hall–Kier alpha value is -2.12. The molecule has 8 nitrogen and oxygen atoms in total. The Morgan fingerprint density at radius 1 is 1.33 bits per heavy atom. The van der Waals surface area contributed by atoms with Crippen molar-refractivity contribution in [2.24, 2.45) is 0 Å². The average molecular weight is 251 g/mol. The fourth-order valence-electron chi connectivity index (χ4n) is 1.69. The highest BCUT2D eigenvalue weighted by atomic mass is 16.2. The van der Waals surface area contributed by atoms with Crippen molar-refractivity contribution in [2.45, 2.75) is 6.42 Å². The minimum Gasteiger partial charge on any atom is -0.368 e. The van der Waals surface area contributed by atoms with E-state index in [1.807, 2.05) is 19.0 Å². The second-order valence-corrected chi connectivity index (χ2v) is 4.31. The standard InChI is InChI=1S/C10H17N7O/c1-16(2)9-13-8(11)14-10(15-9)17-5-3-4-12-7(18)6-17/h3-6H2,1-2H3,(H,12,18)(H2,11,13,14,15). The van der Waals surface area contributed by atoms with Crippen LogP contribution in [0.3, 0.4) is 0 Å². The second-order valence-electron chi connectivity index (χ2n) is 4.31. The molecule has 8 heteroatoms. The SMILES string of the molecule is CN(C)c1nc(N)nc(N2CCCNC(=O)C2)n1. The molecule has 18 heavy (non-hydrogen) atoms. The maximum atomic E-state index is 11.5. The van der Waals surface area contributed by atoms with E-state index in [9.17, 15) is 4.79 Å². The average Bonchev–Trinajstić information content (AvgIpc) is 2.53. The van der Waals surface area contributed by atoms with Crippen LogP contribution in [0.1, 0.15) is 6.42 Å². The van der Waals surface area contributed by atoms with Crippen molar-refractivity contribution in [1.29, 1.82) is 0 Å². The highest BCUT2D eigenvalue weighted by molar-refractivity contribution is 5.81. The molecule has 0 spiro atoms. The van der Waals surface area contributed by atoms with Gasteiger partial charge in [-0.3, -0.25) is 4.79 Å². The lowest BCUT2D eigenvalue weighted by Gasteiger charge is -2.20. The molecule has 0 atom stereocenters. The van der Waals surface area contributed by atoms with Crippen molar-refractivity contribution in [1.82, 2.24) is 20.3 Å². The summed E-state index contributed by atoms with van der Waals surface area (Å²) in [6.07, 6.45) is 0.856. The Morgan fingerprint density at radius 2 is 2.11 bits per heavy atom. The summed E-state index contributed by atoms with van der Waals surface area (Å²) in [6, 6.07) is 0. The third-order valence-electron chi connectivity index (χ3n) is 2.57. The predicted molar refractivity (Wildman–Crippen MR) is 68.4 cm³/mol. The molecule has 1 saturated heterocycles. The smallest absolute Gasteiger partial charge is 0.239 e. The molecule has 1 fully saturated rings. The Labute approximate surface area is 105 Å². The number of aromatic nitrogens is 3. The minimum absolute atomic E-state index is 0.0297. The first-order chi connectivity index (χ1) is 8.56. The Bertz CT molecular complexity index is 448. The number of nitrogens with one attached hydrogen (secondary N) is 1. The molecule has 3 N–H and O–H groups in total. The van der Waals surface area contributed by atoms with Gasteiger partial charge in [-0.15, -0.1) is 0 Å². The number of amides is 1. The predicted octanol–water partition coefficient (Wildman–Crippen LogP) is -1.15. The van der Waals surface area contributed by atoms with Crippen molar-refractivity contribution < 1.29 is 4.79 Å². The number of hydrogen-bond acceptors (Lipinski definition) is 7. The van der Waals surface area contributed by atoms with Gasteiger partial charge in [0.2, 0.25) is 23.8 Å². The number of nitrogens with two attached hydrogens (primary N) is 1. The molecular formula is C10H17N7O. The molecule has 98 valence electrons. The van der Waals surface area contributed by atoms with Crippen LogP contribution in [0.2, 0.25) is 0 Å². The molecule has 1 aromatic rings. The van der Waals surface area contributed by atoms with Gasteiger partial charge in [-0.25, -0.2) is 0 Å². The lowest BCUT2D eigenvalue weighted by Crippen LogP contribution is -2.34. The van der Waals surface area contributed by atoms with Gasteiger partial charge in [0.1, 0.15) is 0 Å². The zero-order chi connectivity index (χ0) is 13.1. The number of hydrogen-bond donors (Lipinski definition) is 2. The molecule has 0 aromatic carbocycles. The van der Waals surface area contributed by atoms with Crippen molar-refractivity contribution in [3.63, 3.8) is 0 Å². The first kappa shape index (κ1) is 12.3. The summed E-state index contributed by atoms with van der Waals surface area (Å²) < 4.78 is 0. The molecule has 0 saturated carbocycles. The van der Waals surface area contributed by atoms with Gasteiger partial charge in [0, 0.05) is 27.2 Å². The number of nitrogens with zero attached hydrogens (tertiary/aromatic N) is 5. The summed E-state index contributed by atoms with van der Waals surface area (Å²) in [7, 11) is 3.65. The summed E-state index contributed by atoms with van der Waals surface area (Å²) in [5.41, 5.74) is 5.66. The number of carbonyl (C=O) groups is 1. The Morgan fingerprint density at radius 3 is 2.83 bits per heavy atom. The van der Waals surface area contributed by atoms with Gasteiger partial charge in [-0.2, -0.15) is 15.0 Å². The lowest BCUT2D eigenvalue weighted by molar-refractivity contribution is -0.119. The first-order valence-corrected chi connectivity index (χ1v) is 5.77. The fraction of sp³-hybridized carbons (Fsp3) is 0.600.